The first-order chi connectivity index (χ1) is 10.6. The van der Waals surface area contributed by atoms with Crippen molar-refractivity contribution in [2.45, 2.75) is 45.1 Å². The van der Waals surface area contributed by atoms with Crippen LogP contribution in [0.5, 0.6) is 0 Å². The summed E-state index contributed by atoms with van der Waals surface area (Å²) in [5.41, 5.74) is 3.46. The number of ketones is 1. The molecule has 2 aliphatic rings. The fraction of sp³-hybridized carbons (Fsp3) is 0.556. The zero-order valence-electron chi connectivity index (χ0n) is 13.2. The van der Waals surface area contributed by atoms with Gasteiger partial charge in [-0.2, -0.15) is 0 Å². The SMILES string of the molecule is C[C@H]1CNCCN1C(=O)CCC(=O)c1ccc2c(c1)CCC2. The summed E-state index contributed by atoms with van der Waals surface area (Å²) in [4.78, 5) is 26.5. The highest BCUT2D eigenvalue weighted by Crippen LogP contribution is 2.23. The smallest absolute Gasteiger partial charge is 0.223 e. The number of carbonyl (C=O) groups is 2. The normalized spacial score (nSPS) is 20.8. The van der Waals surface area contributed by atoms with Crippen molar-refractivity contribution in [3.05, 3.63) is 34.9 Å². The minimum atomic E-state index is 0.0887. The molecule has 0 saturated carbocycles. The van der Waals surface area contributed by atoms with Gasteiger partial charge in [-0.3, -0.25) is 9.59 Å². The first kappa shape index (κ1) is 15.2. The lowest BCUT2D eigenvalue weighted by Gasteiger charge is -2.34. The van der Waals surface area contributed by atoms with E-state index in [0.29, 0.717) is 12.8 Å². The average Bonchev–Trinajstić information content (AvgIpc) is 3.00. The molecule has 0 aromatic heterocycles. The molecule has 0 spiro atoms. The zero-order valence-corrected chi connectivity index (χ0v) is 13.2. The predicted molar refractivity (Wildman–Crippen MR) is 86.1 cm³/mol. The summed E-state index contributed by atoms with van der Waals surface area (Å²) in [6.07, 6.45) is 4.03. The number of benzene rings is 1. The van der Waals surface area contributed by atoms with Crippen molar-refractivity contribution < 1.29 is 9.59 Å². The zero-order chi connectivity index (χ0) is 15.5. The summed E-state index contributed by atoms with van der Waals surface area (Å²) >= 11 is 0. The molecule has 22 heavy (non-hydrogen) atoms. The molecular formula is C18H24N2O2. The Morgan fingerprint density at radius 3 is 2.86 bits per heavy atom. The lowest BCUT2D eigenvalue weighted by atomic mass is 10.0. The fourth-order valence-corrected chi connectivity index (χ4v) is 3.47. The molecule has 0 unspecified atom stereocenters. The van der Waals surface area contributed by atoms with Crippen molar-refractivity contribution >= 4 is 11.7 Å². The molecule has 1 N–H and O–H groups in total. The van der Waals surface area contributed by atoms with Gasteiger partial charge in [0, 0.05) is 44.1 Å². The summed E-state index contributed by atoms with van der Waals surface area (Å²) in [7, 11) is 0. The van der Waals surface area contributed by atoms with E-state index in [1.165, 1.54) is 17.5 Å². The monoisotopic (exact) mass is 300 g/mol. The van der Waals surface area contributed by atoms with E-state index in [-0.39, 0.29) is 17.7 Å². The highest BCUT2D eigenvalue weighted by Gasteiger charge is 2.23. The Hall–Kier alpha value is -1.68. The summed E-state index contributed by atoms with van der Waals surface area (Å²) < 4.78 is 0. The third kappa shape index (κ3) is 3.22. The molecule has 1 heterocycles. The van der Waals surface area contributed by atoms with Gasteiger partial charge in [0.15, 0.2) is 5.78 Å². The molecule has 1 atom stereocenters. The molecule has 3 rings (SSSR count). The molecule has 1 aromatic carbocycles. The molecule has 4 heteroatoms. The van der Waals surface area contributed by atoms with E-state index in [1.54, 1.807) is 0 Å². The largest absolute Gasteiger partial charge is 0.337 e. The van der Waals surface area contributed by atoms with Gasteiger partial charge >= 0.3 is 0 Å². The number of amides is 1. The first-order valence-electron chi connectivity index (χ1n) is 8.30. The molecule has 0 radical (unpaired) electrons. The maximum absolute atomic E-state index is 12.3. The van der Waals surface area contributed by atoms with Crippen molar-refractivity contribution in [3.8, 4) is 0 Å². The van der Waals surface area contributed by atoms with Crippen LogP contribution in [0, 0.1) is 0 Å². The summed E-state index contributed by atoms with van der Waals surface area (Å²) in [5.74, 6) is 0.189. The summed E-state index contributed by atoms with van der Waals surface area (Å²) in [5, 5.41) is 3.27. The van der Waals surface area contributed by atoms with Crippen LogP contribution in [0.2, 0.25) is 0 Å². The minimum absolute atomic E-state index is 0.0887. The van der Waals surface area contributed by atoms with Crippen molar-refractivity contribution in [1.82, 2.24) is 10.2 Å². The number of carbonyl (C=O) groups excluding carboxylic acids is 2. The van der Waals surface area contributed by atoms with Crippen LogP contribution in [0.25, 0.3) is 0 Å². The van der Waals surface area contributed by atoms with Crippen molar-refractivity contribution in [3.63, 3.8) is 0 Å². The van der Waals surface area contributed by atoms with E-state index in [9.17, 15) is 9.59 Å². The van der Waals surface area contributed by atoms with Gasteiger partial charge in [-0.25, -0.2) is 0 Å². The maximum Gasteiger partial charge on any atom is 0.223 e. The summed E-state index contributed by atoms with van der Waals surface area (Å²) in [6, 6.07) is 6.25. The number of hydrogen-bond donors (Lipinski definition) is 1. The molecule has 1 saturated heterocycles. The van der Waals surface area contributed by atoms with Crippen LogP contribution in [-0.2, 0) is 17.6 Å². The number of rotatable bonds is 4. The van der Waals surface area contributed by atoms with Crippen LogP contribution in [-0.4, -0.2) is 42.3 Å². The fourth-order valence-electron chi connectivity index (χ4n) is 3.47. The number of hydrogen-bond acceptors (Lipinski definition) is 3. The van der Waals surface area contributed by atoms with Gasteiger partial charge in [0.1, 0.15) is 0 Å². The van der Waals surface area contributed by atoms with Gasteiger partial charge in [0.25, 0.3) is 0 Å². The van der Waals surface area contributed by atoms with Gasteiger partial charge in [0.2, 0.25) is 5.91 Å². The Balaban J connectivity index is 1.57. The molecule has 1 fully saturated rings. The standard InChI is InChI=1S/C18H24N2O2/c1-13-12-19-9-10-20(13)18(22)8-7-17(21)16-6-5-14-3-2-4-15(14)11-16/h5-6,11,13,19H,2-4,7-10,12H2,1H3/t13-/m0/s1. The van der Waals surface area contributed by atoms with Crippen molar-refractivity contribution in [2.75, 3.05) is 19.6 Å². The number of aryl methyl sites for hydroxylation is 2. The van der Waals surface area contributed by atoms with Crippen molar-refractivity contribution in [1.29, 1.82) is 0 Å². The number of fused-ring (bicyclic) bond motifs is 1. The van der Waals surface area contributed by atoms with E-state index in [4.69, 9.17) is 0 Å². The van der Waals surface area contributed by atoms with Crippen LogP contribution >= 0.6 is 0 Å². The first-order valence-corrected chi connectivity index (χ1v) is 8.30. The van der Waals surface area contributed by atoms with Crippen LogP contribution in [0.4, 0.5) is 0 Å². The number of Topliss-reactive ketones (excluding diaryl/α,β-unsaturated/α-hetero) is 1. The Morgan fingerprint density at radius 2 is 2.05 bits per heavy atom. The highest BCUT2D eigenvalue weighted by molar-refractivity contribution is 5.98. The predicted octanol–water partition coefficient (Wildman–Crippen LogP) is 1.96. The molecule has 118 valence electrons. The van der Waals surface area contributed by atoms with Gasteiger partial charge in [-0.05, 0) is 43.4 Å². The van der Waals surface area contributed by atoms with E-state index in [2.05, 4.69) is 11.4 Å². The van der Waals surface area contributed by atoms with Gasteiger partial charge in [-0.15, -0.1) is 0 Å². The quantitative estimate of drug-likeness (QED) is 0.865. The number of nitrogens with one attached hydrogen (secondary N) is 1. The summed E-state index contributed by atoms with van der Waals surface area (Å²) in [6.45, 7) is 4.47. The molecule has 1 aliphatic heterocycles. The van der Waals surface area contributed by atoms with E-state index in [0.717, 1.165) is 38.0 Å². The molecular weight excluding hydrogens is 276 g/mol. The Morgan fingerprint density at radius 1 is 1.23 bits per heavy atom. The van der Waals surface area contributed by atoms with E-state index in [1.807, 2.05) is 24.0 Å². The molecule has 1 aromatic rings. The van der Waals surface area contributed by atoms with Crippen LogP contribution in [0.3, 0.4) is 0 Å². The lowest BCUT2D eigenvalue weighted by molar-refractivity contribution is -0.133. The second-order valence-corrected chi connectivity index (χ2v) is 6.40. The molecule has 4 nitrogen and oxygen atoms in total. The topological polar surface area (TPSA) is 49.4 Å². The highest BCUT2D eigenvalue weighted by atomic mass is 16.2. The Labute approximate surface area is 131 Å². The third-order valence-corrected chi connectivity index (χ3v) is 4.81. The maximum atomic E-state index is 12.3. The minimum Gasteiger partial charge on any atom is -0.337 e. The third-order valence-electron chi connectivity index (χ3n) is 4.81. The van der Waals surface area contributed by atoms with Gasteiger partial charge in [-0.1, -0.05) is 12.1 Å². The average molecular weight is 300 g/mol. The lowest BCUT2D eigenvalue weighted by Crippen LogP contribution is -2.52. The van der Waals surface area contributed by atoms with Crippen LogP contribution in [0.1, 0.15) is 47.7 Å². The Kier molecular flexibility index (Phi) is 4.57. The second kappa shape index (κ2) is 6.61. The van der Waals surface area contributed by atoms with Crippen molar-refractivity contribution in [2.24, 2.45) is 0 Å². The van der Waals surface area contributed by atoms with E-state index < -0.39 is 0 Å². The van der Waals surface area contributed by atoms with Crippen LogP contribution < -0.4 is 5.32 Å². The van der Waals surface area contributed by atoms with Gasteiger partial charge < -0.3 is 10.2 Å². The second-order valence-electron chi connectivity index (χ2n) is 6.40. The van der Waals surface area contributed by atoms with E-state index >= 15 is 0 Å². The number of nitrogens with zero attached hydrogens (tertiary/aromatic N) is 1. The van der Waals surface area contributed by atoms with Crippen LogP contribution in [0.15, 0.2) is 18.2 Å². The number of piperazine rings is 1. The molecule has 1 aliphatic carbocycles. The molecule has 1 amide bonds. The Bertz CT molecular complexity index is 582. The van der Waals surface area contributed by atoms with Gasteiger partial charge in [0.05, 0.1) is 0 Å². The molecule has 0 bridgehead atoms.